The minimum absolute atomic E-state index is 0.0261. The van der Waals surface area contributed by atoms with E-state index in [-0.39, 0.29) is 16.8 Å². The van der Waals surface area contributed by atoms with Crippen molar-refractivity contribution < 1.29 is 22.7 Å². The van der Waals surface area contributed by atoms with Gasteiger partial charge in [-0.25, -0.2) is 19.1 Å². The first-order valence-electron chi connectivity index (χ1n) is 9.51. The Labute approximate surface area is 183 Å². The van der Waals surface area contributed by atoms with Crippen molar-refractivity contribution >= 4 is 29.5 Å². The van der Waals surface area contributed by atoms with Gasteiger partial charge in [-0.05, 0) is 46.2 Å². The van der Waals surface area contributed by atoms with Crippen LogP contribution in [0.3, 0.4) is 0 Å². The molecule has 0 unspecified atom stereocenters. The van der Waals surface area contributed by atoms with Gasteiger partial charge < -0.3 is 10.1 Å². The molecule has 1 amide bonds. The van der Waals surface area contributed by atoms with Crippen molar-refractivity contribution in [2.45, 2.75) is 64.6 Å². The highest BCUT2D eigenvalue weighted by Crippen LogP contribution is 2.42. The van der Waals surface area contributed by atoms with Gasteiger partial charge in [-0.15, -0.1) is 0 Å². The second-order valence-corrected chi connectivity index (χ2v) is 8.90. The standard InChI is InChI=1S/C20H23ClF3N5O2/c1-10(11-7-12(21)14(25-8-11)20(6,23)24)27-16-26-9-13(22)15(28-16)29-17(30)31-19(4,5)18(29,2)3/h7-10H,1-6H3,(H,26,27,28)/t10-/m0/s1. The van der Waals surface area contributed by atoms with E-state index in [4.69, 9.17) is 16.3 Å². The number of carbonyl (C=O) groups excluding carboxylic acids is 1. The van der Waals surface area contributed by atoms with Crippen LogP contribution >= 0.6 is 11.6 Å². The molecule has 2 aromatic rings. The maximum Gasteiger partial charge on any atom is 0.416 e. The Hall–Kier alpha value is -2.62. The third-order valence-electron chi connectivity index (χ3n) is 5.62. The van der Waals surface area contributed by atoms with Gasteiger partial charge in [0.1, 0.15) is 11.3 Å². The SMILES string of the molecule is C[C@H](Nc1ncc(F)c(N2C(=O)OC(C)(C)C2(C)C)n1)c1cnc(C(C)(F)F)c(Cl)c1. The summed E-state index contributed by atoms with van der Waals surface area (Å²) in [5.41, 5.74) is -1.80. The molecular weight excluding hydrogens is 435 g/mol. The van der Waals surface area contributed by atoms with E-state index in [1.54, 1.807) is 34.6 Å². The molecule has 0 spiro atoms. The number of nitrogens with one attached hydrogen (secondary N) is 1. The van der Waals surface area contributed by atoms with E-state index < -0.39 is 40.7 Å². The molecule has 0 aliphatic carbocycles. The number of ether oxygens (including phenoxy) is 1. The molecule has 0 radical (unpaired) electrons. The Kier molecular flexibility index (Phi) is 5.58. The first-order valence-corrected chi connectivity index (χ1v) is 9.89. The molecule has 31 heavy (non-hydrogen) atoms. The number of pyridine rings is 1. The fraction of sp³-hybridized carbons (Fsp3) is 0.500. The maximum absolute atomic E-state index is 14.6. The molecule has 0 saturated carbocycles. The van der Waals surface area contributed by atoms with Crippen molar-refractivity contribution in [1.82, 2.24) is 15.0 Å². The smallest absolute Gasteiger partial charge is 0.416 e. The summed E-state index contributed by atoms with van der Waals surface area (Å²) < 4.78 is 47.0. The molecule has 1 saturated heterocycles. The normalized spacial score (nSPS) is 18.6. The Morgan fingerprint density at radius 3 is 2.39 bits per heavy atom. The van der Waals surface area contributed by atoms with Gasteiger partial charge in [0.05, 0.1) is 22.8 Å². The molecule has 3 rings (SSSR count). The number of carbonyl (C=O) groups is 1. The Morgan fingerprint density at radius 2 is 1.87 bits per heavy atom. The van der Waals surface area contributed by atoms with E-state index in [0.29, 0.717) is 12.5 Å². The first-order chi connectivity index (χ1) is 14.1. The Morgan fingerprint density at radius 1 is 1.23 bits per heavy atom. The molecular formula is C20H23ClF3N5O2. The van der Waals surface area contributed by atoms with E-state index in [2.05, 4.69) is 20.3 Å². The lowest BCUT2D eigenvalue weighted by Crippen LogP contribution is -2.51. The van der Waals surface area contributed by atoms with Crippen LogP contribution in [-0.4, -0.2) is 32.2 Å². The fourth-order valence-corrected chi connectivity index (χ4v) is 3.45. The van der Waals surface area contributed by atoms with Crippen molar-refractivity contribution in [3.05, 3.63) is 40.6 Å². The lowest BCUT2D eigenvalue weighted by molar-refractivity contribution is 0.0128. The van der Waals surface area contributed by atoms with E-state index in [1.165, 1.54) is 12.3 Å². The maximum atomic E-state index is 14.6. The van der Waals surface area contributed by atoms with Crippen LogP contribution in [0.2, 0.25) is 5.02 Å². The number of rotatable bonds is 5. The topological polar surface area (TPSA) is 80.2 Å². The largest absolute Gasteiger partial charge is 0.441 e. The van der Waals surface area contributed by atoms with E-state index in [0.717, 1.165) is 11.1 Å². The molecule has 2 aromatic heterocycles. The number of hydrogen-bond donors (Lipinski definition) is 1. The number of halogens is 4. The summed E-state index contributed by atoms with van der Waals surface area (Å²) in [5, 5.41) is 2.77. The molecule has 3 heterocycles. The van der Waals surface area contributed by atoms with Gasteiger partial charge in [-0.2, -0.15) is 13.8 Å². The van der Waals surface area contributed by atoms with Crippen LogP contribution in [0, 0.1) is 5.82 Å². The van der Waals surface area contributed by atoms with Crippen LogP contribution in [0.1, 0.15) is 58.8 Å². The molecule has 1 aliphatic rings. The number of alkyl halides is 2. The first kappa shape index (κ1) is 23.1. The zero-order chi connectivity index (χ0) is 23.4. The lowest BCUT2D eigenvalue weighted by atomic mass is 9.85. The average Bonchev–Trinajstić information content (AvgIpc) is 2.78. The van der Waals surface area contributed by atoms with Gasteiger partial charge in [-0.1, -0.05) is 11.6 Å². The second kappa shape index (κ2) is 7.51. The number of amides is 1. The van der Waals surface area contributed by atoms with Crippen LogP contribution in [0.5, 0.6) is 0 Å². The molecule has 7 nitrogen and oxygen atoms in total. The molecule has 168 valence electrons. The zero-order valence-electron chi connectivity index (χ0n) is 17.9. The summed E-state index contributed by atoms with van der Waals surface area (Å²) in [6, 6.07) is 0.866. The van der Waals surface area contributed by atoms with Crippen molar-refractivity contribution in [2.75, 3.05) is 10.2 Å². The second-order valence-electron chi connectivity index (χ2n) is 8.49. The molecule has 1 N–H and O–H groups in total. The molecule has 0 bridgehead atoms. The van der Waals surface area contributed by atoms with Gasteiger partial charge in [0.25, 0.3) is 5.92 Å². The summed E-state index contributed by atoms with van der Waals surface area (Å²) in [7, 11) is 0. The molecule has 0 aromatic carbocycles. The molecule has 1 fully saturated rings. The van der Waals surface area contributed by atoms with E-state index >= 15 is 0 Å². The van der Waals surface area contributed by atoms with Gasteiger partial charge in [0.15, 0.2) is 11.6 Å². The van der Waals surface area contributed by atoms with Crippen LogP contribution in [0.15, 0.2) is 18.5 Å². The quantitative estimate of drug-likeness (QED) is 0.642. The number of cyclic esters (lactones) is 1. The van der Waals surface area contributed by atoms with Crippen molar-refractivity contribution in [3.8, 4) is 0 Å². The number of hydrogen-bond acceptors (Lipinski definition) is 6. The third-order valence-corrected chi connectivity index (χ3v) is 5.91. The highest BCUT2D eigenvalue weighted by molar-refractivity contribution is 6.31. The van der Waals surface area contributed by atoms with Gasteiger partial charge in [0.2, 0.25) is 5.95 Å². The summed E-state index contributed by atoms with van der Waals surface area (Å²) in [4.78, 5) is 25.4. The zero-order valence-corrected chi connectivity index (χ0v) is 18.7. The van der Waals surface area contributed by atoms with Crippen LogP contribution in [-0.2, 0) is 10.7 Å². The molecule has 11 heteroatoms. The number of nitrogens with zero attached hydrogens (tertiary/aromatic N) is 4. The summed E-state index contributed by atoms with van der Waals surface area (Å²) in [6.45, 7) is 9.36. The highest BCUT2D eigenvalue weighted by atomic mass is 35.5. The van der Waals surface area contributed by atoms with Crippen LogP contribution in [0.25, 0.3) is 0 Å². The lowest BCUT2D eigenvalue weighted by Gasteiger charge is -2.36. The number of anilines is 2. The molecule has 1 aliphatic heterocycles. The number of aromatic nitrogens is 3. The van der Waals surface area contributed by atoms with Gasteiger partial charge in [0, 0.05) is 13.1 Å². The molecule has 1 atom stereocenters. The van der Waals surface area contributed by atoms with Crippen molar-refractivity contribution in [2.24, 2.45) is 0 Å². The van der Waals surface area contributed by atoms with Crippen molar-refractivity contribution in [1.29, 1.82) is 0 Å². The average molecular weight is 458 g/mol. The van der Waals surface area contributed by atoms with Gasteiger partial charge in [-0.3, -0.25) is 4.98 Å². The highest BCUT2D eigenvalue weighted by Gasteiger charge is 2.56. The predicted molar refractivity (Wildman–Crippen MR) is 110 cm³/mol. The van der Waals surface area contributed by atoms with E-state index in [1.807, 2.05) is 0 Å². The minimum atomic E-state index is -3.17. The minimum Gasteiger partial charge on any atom is -0.441 e. The summed E-state index contributed by atoms with van der Waals surface area (Å²) in [6.07, 6.45) is 1.49. The van der Waals surface area contributed by atoms with Gasteiger partial charge >= 0.3 is 6.09 Å². The van der Waals surface area contributed by atoms with Crippen molar-refractivity contribution in [3.63, 3.8) is 0 Å². The van der Waals surface area contributed by atoms with Crippen LogP contribution < -0.4 is 10.2 Å². The Bertz CT molecular complexity index is 1030. The summed E-state index contributed by atoms with van der Waals surface area (Å²) in [5.74, 6) is -4.17. The Balaban J connectivity index is 1.89. The van der Waals surface area contributed by atoms with Crippen LogP contribution in [0.4, 0.5) is 29.7 Å². The predicted octanol–water partition coefficient (Wildman–Crippen LogP) is 5.46. The fourth-order valence-electron chi connectivity index (χ4n) is 3.11. The summed E-state index contributed by atoms with van der Waals surface area (Å²) >= 11 is 5.96. The monoisotopic (exact) mass is 457 g/mol. The van der Waals surface area contributed by atoms with E-state index in [9.17, 15) is 18.0 Å². The third kappa shape index (κ3) is 4.13.